The molecular weight excluding hydrogens is 260 g/mol. The Morgan fingerprint density at radius 2 is 1.86 bits per heavy atom. The molecule has 3 rings (SSSR count). The third-order valence-electron chi connectivity index (χ3n) is 4.08. The van der Waals surface area contributed by atoms with E-state index >= 15 is 0 Å². The molecule has 2 nitrogen and oxygen atoms in total. The van der Waals surface area contributed by atoms with Crippen LogP contribution in [0.4, 0.5) is 0 Å². The second-order valence-electron chi connectivity index (χ2n) is 5.71. The van der Waals surface area contributed by atoms with Crippen LogP contribution in [0.3, 0.4) is 0 Å². The highest BCUT2D eigenvalue weighted by Gasteiger charge is 2.16. The van der Waals surface area contributed by atoms with E-state index in [1.54, 1.807) is 0 Å². The molecule has 2 heteroatoms. The van der Waals surface area contributed by atoms with Crippen molar-refractivity contribution in [2.75, 3.05) is 6.61 Å². The van der Waals surface area contributed by atoms with Gasteiger partial charge in [0.2, 0.25) is 0 Å². The lowest BCUT2D eigenvalue weighted by Gasteiger charge is -2.14. The quantitative estimate of drug-likeness (QED) is 0.896. The van der Waals surface area contributed by atoms with Gasteiger partial charge < -0.3 is 9.84 Å². The van der Waals surface area contributed by atoms with Gasteiger partial charge in [-0.3, -0.25) is 0 Å². The van der Waals surface area contributed by atoms with Crippen molar-refractivity contribution in [1.82, 2.24) is 0 Å². The lowest BCUT2D eigenvalue weighted by atomic mass is 9.98. The molecule has 0 aromatic heterocycles. The van der Waals surface area contributed by atoms with Gasteiger partial charge in [0.05, 0.1) is 6.61 Å². The Balaban J connectivity index is 1.82. The normalized spacial score (nSPS) is 14.8. The topological polar surface area (TPSA) is 29.5 Å². The number of rotatable bonds is 5. The highest BCUT2D eigenvalue weighted by Crippen LogP contribution is 2.29. The first-order chi connectivity index (χ1) is 10.3. The smallest absolute Gasteiger partial charge is 0.119 e. The summed E-state index contributed by atoms with van der Waals surface area (Å²) in [7, 11) is 0. The van der Waals surface area contributed by atoms with Crippen molar-refractivity contribution in [1.29, 1.82) is 0 Å². The minimum atomic E-state index is -0.582. The molecule has 0 bridgehead atoms. The van der Waals surface area contributed by atoms with Crippen LogP contribution < -0.4 is 4.74 Å². The van der Waals surface area contributed by atoms with Crippen molar-refractivity contribution >= 4 is 0 Å². The number of aliphatic hydroxyl groups is 1. The van der Waals surface area contributed by atoms with Gasteiger partial charge in [0.25, 0.3) is 0 Å². The number of hydrogen-bond acceptors (Lipinski definition) is 2. The van der Waals surface area contributed by atoms with Crippen LogP contribution in [-0.4, -0.2) is 11.7 Å². The van der Waals surface area contributed by atoms with Gasteiger partial charge in [-0.2, -0.15) is 0 Å². The molecule has 0 heterocycles. The molecule has 21 heavy (non-hydrogen) atoms. The minimum Gasteiger partial charge on any atom is -0.494 e. The van der Waals surface area contributed by atoms with E-state index in [0.717, 1.165) is 29.7 Å². The summed E-state index contributed by atoms with van der Waals surface area (Å²) in [6.45, 7) is 2.79. The summed E-state index contributed by atoms with van der Waals surface area (Å²) in [5, 5.41) is 10.6. The van der Waals surface area contributed by atoms with E-state index in [1.165, 1.54) is 24.0 Å². The standard InChI is InChI=1S/C19H22O2/c1-2-11-21-18-8-4-7-16(13-18)19(20)17-10-9-14-5-3-6-15(14)12-17/h4,7-10,12-13,19-20H,2-3,5-6,11H2,1H3. The molecule has 1 aliphatic rings. The molecule has 0 aliphatic heterocycles. The van der Waals surface area contributed by atoms with Crippen LogP contribution in [0.1, 0.15) is 48.1 Å². The predicted octanol–water partition coefficient (Wildman–Crippen LogP) is 4.05. The summed E-state index contributed by atoms with van der Waals surface area (Å²) in [5.74, 6) is 0.828. The molecule has 1 aliphatic carbocycles. The summed E-state index contributed by atoms with van der Waals surface area (Å²) < 4.78 is 5.64. The van der Waals surface area contributed by atoms with Gasteiger partial charge in [-0.1, -0.05) is 37.3 Å². The Morgan fingerprint density at radius 1 is 1.05 bits per heavy atom. The van der Waals surface area contributed by atoms with Gasteiger partial charge in [-0.15, -0.1) is 0 Å². The monoisotopic (exact) mass is 282 g/mol. The zero-order valence-electron chi connectivity index (χ0n) is 12.5. The first-order valence-corrected chi connectivity index (χ1v) is 7.80. The molecule has 2 aromatic rings. The van der Waals surface area contributed by atoms with Gasteiger partial charge in [0.15, 0.2) is 0 Å². The second-order valence-corrected chi connectivity index (χ2v) is 5.71. The maximum Gasteiger partial charge on any atom is 0.119 e. The molecule has 0 fully saturated rings. The number of hydrogen-bond donors (Lipinski definition) is 1. The van der Waals surface area contributed by atoms with Crippen LogP contribution in [0, 0.1) is 0 Å². The largest absolute Gasteiger partial charge is 0.494 e. The molecule has 110 valence electrons. The number of aliphatic hydroxyl groups excluding tert-OH is 1. The number of aryl methyl sites for hydroxylation is 2. The van der Waals surface area contributed by atoms with Crippen molar-refractivity contribution in [2.45, 2.75) is 38.7 Å². The average molecular weight is 282 g/mol. The molecule has 1 atom stereocenters. The molecule has 0 saturated heterocycles. The second kappa shape index (κ2) is 6.31. The fraction of sp³-hybridized carbons (Fsp3) is 0.368. The van der Waals surface area contributed by atoms with Crippen LogP contribution in [0.5, 0.6) is 5.75 Å². The van der Waals surface area contributed by atoms with Crippen molar-refractivity contribution < 1.29 is 9.84 Å². The zero-order chi connectivity index (χ0) is 14.7. The van der Waals surface area contributed by atoms with Crippen molar-refractivity contribution in [3.05, 3.63) is 64.7 Å². The van der Waals surface area contributed by atoms with Crippen LogP contribution in [-0.2, 0) is 12.8 Å². The number of fused-ring (bicyclic) bond motifs is 1. The van der Waals surface area contributed by atoms with Gasteiger partial charge in [0, 0.05) is 0 Å². The lowest BCUT2D eigenvalue weighted by molar-refractivity contribution is 0.219. The Kier molecular flexibility index (Phi) is 4.26. The van der Waals surface area contributed by atoms with E-state index in [0.29, 0.717) is 6.61 Å². The first-order valence-electron chi connectivity index (χ1n) is 7.80. The molecule has 0 radical (unpaired) electrons. The molecule has 1 N–H and O–H groups in total. The van der Waals surface area contributed by atoms with E-state index < -0.39 is 6.10 Å². The SMILES string of the molecule is CCCOc1cccc(C(O)c2ccc3c(c2)CCC3)c1. The van der Waals surface area contributed by atoms with Crippen LogP contribution in [0.25, 0.3) is 0 Å². The van der Waals surface area contributed by atoms with Crippen LogP contribution in [0.15, 0.2) is 42.5 Å². The van der Waals surface area contributed by atoms with E-state index in [2.05, 4.69) is 19.1 Å². The minimum absolute atomic E-state index is 0.582. The molecule has 0 saturated carbocycles. The third-order valence-corrected chi connectivity index (χ3v) is 4.08. The Bertz CT molecular complexity index is 619. The molecule has 0 amide bonds. The fourth-order valence-corrected chi connectivity index (χ4v) is 2.95. The van der Waals surface area contributed by atoms with Gasteiger partial charge >= 0.3 is 0 Å². The van der Waals surface area contributed by atoms with Gasteiger partial charge in [-0.25, -0.2) is 0 Å². The summed E-state index contributed by atoms with van der Waals surface area (Å²) in [4.78, 5) is 0. The van der Waals surface area contributed by atoms with Crippen molar-refractivity contribution in [3.63, 3.8) is 0 Å². The van der Waals surface area contributed by atoms with E-state index in [4.69, 9.17) is 4.74 Å². The predicted molar refractivity (Wildman–Crippen MR) is 84.8 cm³/mol. The summed E-state index contributed by atoms with van der Waals surface area (Å²) in [6, 6.07) is 14.1. The highest BCUT2D eigenvalue weighted by atomic mass is 16.5. The van der Waals surface area contributed by atoms with Crippen molar-refractivity contribution in [3.8, 4) is 5.75 Å². The summed E-state index contributed by atoms with van der Waals surface area (Å²) in [6.07, 6.45) is 3.94. The molecule has 1 unspecified atom stereocenters. The van der Waals surface area contributed by atoms with E-state index in [9.17, 15) is 5.11 Å². The Morgan fingerprint density at radius 3 is 2.71 bits per heavy atom. The lowest BCUT2D eigenvalue weighted by Crippen LogP contribution is -2.02. The highest BCUT2D eigenvalue weighted by molar-refractivity contribution is 5.40. The fourth-order valence-electron chi connectivity index (χ4n) is 2.95. The number of benzene rings is 2. The zero-order valence-corrected chi connectivity index (χ0v) is 12.5. The average Bonchev–Trinajstić information content (AvgIpc) is 3.00. The maximum absolute atomic E-state index is 10.6. The Labute approximate surface area is 126 Å². The molecule has 2 aromatic carbocycles. The van der Waals surface area contributed by atoms with Gasteiger partial charge in [0.1, 0.15) is 11.9 Å². The summed E-state index contributed by atoms with van der Waals surface area (Å²) >= 11 is 0. The number of ether oxygens (including phenoxy) is 1. The first kappa shape index (κ1) is 14.2. The molecular formula is C19H22O2. The van der Waals surface area contributed by atoms with Crippen molar-refractivity contribution in [2.24, 2.45) is 0 Å². The van der Waals surface area contributed by atoms with Crippen LogP contribution in [0.2, 0.25) is 0 Å². The van der Waals surface area contributed by atoms with E-state index in [-0.39, 0.29) is 0 Å². The third kappa shape index (κ3) is 3.11. The van der Waals surface area contributed by atoms with Crippen LogP contribution >= 0.6 is 0 Å². The van der Waals surface area contributed by atoms with Gasteiger partial charge in [-0.05, 0) is 60.1 Å². The van der Waals surface area contributed by atoms with E-state index in [1.807, 2.05) is 30.3 Å². The summed E-state index contributed by atoms with van der Waals surface area (Å²) in [5.41, 5.74) is 4.70. The Hall–Kier alpha value is -1.80. The molecule has 0 spiro atoms. The maximum atomic E-state index is 10.6.